The predicted octanol–water partition coefficient (Wildman–Crippen LogP) is 5.95. The first kappa shape index (κ1) is 33.2. The Hall–Kier alpha value is -4.65. The summed E-state index contributed by atoms with van der Waals surface area (Å²) in [6.45, 7) is 1.88. The molecule has 0 unspecified atom stereocenters. The first-order chi connectivity index (χ1) is 21.4. The molecule has 0 saturated carbocycles. The largest absolute Gasteiger partial charge is 0.485 e. The standard InChI is InChI=1S/C32H34F4N4O5/c1-20(30(41)42)29(32(34,35)36)40(37-2)24-6-4-9-27(38-18-24)25-7-5-8-26(33)28(25)45-19-21-10-12-22(13-11-21)23-14-16-39(17-15-23)31(43)44-3/h4-13,23,37H,14-19H2,1-3H3,(H,41,42). The number of methoxy groups -OCH3 is 1. The molecule has 2 aromatic rings. The molecule has 1 saturated heterocycles. The molecule has 4 rings (SSSR count). The lowest BCUT2D eigenvalue weighted by Crippen LogP contribution is -2.41. The number of nitrogens with one attached hydrogen (secondary N) is 1. The monoisotopic (exact) mass is 630 g/mol. The Balaban J connectivity index is 1.48. The number of ether oxygens (including phenoxy) is 2. The van der Waals surface area contributed by atoms with E-state index in [1.54, 1.807) is 11.0 Å². The maximum atomic E-state index is 15.0. The van der Waals surface area contributed by atoms with E-state index in [1.165, 1.54) is 44.5 Å². The number of carboxylic acids is 1. The van der Waals surface area contributed by atoms with E-state index >= 15 is 4.39 Å². The van der Waals surface area contributed by atoms with Gasteiger partial charge in [-0.25, -0.2) is 19.4 Å². The minimum Gasteiger partial charge on any atom is -0.485 e. The smallest absolute Gasteiger partial charge is 0.433 e. The van der Waals surface area contributed by atoms with E-state index in [2.05, 4.69) is 10.4 Å². The Morgan fingerprint density at radius 3 is 2.42 bits per heavy atom. The lowest BCUT2D eigenvalue weighted by atomic mass is 9.89. The highest BCUT2D eigenvalue weighted by Crippen LogP contribution is 2.34. The highest BCUT2D eigenvalue weighted by molar-refractivity contribution is 6.11. The van der Waals surface area contributed by atoms with Crippen LogP contribution in [0.2, 0.25) is 0 Å². The number of alkyl halides is 3. The third-order valence-corrected chi connectivity index (χ3v) is 7.64. The van der Waals surface area contributed by atoms with Crippen LogP contribution >= 0.6 is 0 Å². The van der Waals surface area contributed by atoms with Crippen LogP contribution in [0.1, 0.15) is 42.4 Å². The zero-order chi connectivity index (χ0) is 32.7. The maximum absolute atomic E-state index is 15.0. The van der Waals surface area contributed by atoms with Crippen molar-refractivity contribution in [2.75, 3.05) is 33.8 Å². The topological polar surface area (TPSA) is 104 Å². The minimum absolute atomic E-state index is 0.0200. The Kier molecular flexibility index (Phi) is 10.7. The summed E-state index contributed by atoms with van der Waals surface area (Å²) < 4.78 is 67.4. The molecule has 1 fully saturated rings. The quantitative estimate of drug-likeness (QED) is 0.201. The molecular weight excluding hydrogens is 596 g/mol. The number of aliphatic imine (C=N–C) groups is 1. The molecule has 240 valence electrons. The van der Waals surface area contributed by atoms with Crippen LogP contribution in [0.5, 0.6) is 5.75 Å². The molecule has 2 aliphatic heterocycles. The normalized spacial score (nSPS) is 16.3. The Labute approximate surface area is 258 Å². The number of halogens is 4. The highest BCUT2D eigenvalue weighted by atomic mass is 19.4. The van der Waals surface area contributed by atoms with Crippen molar-refractivity contribution in [1.82, 2.24) is 15.3 Å². The number of rotatable bonds is 9. The van der Waals surface area contributed by atoms with Crippen molar-refractivity contribution >= 4 is 17.8 Å². The number of amides is 1. The zero-order valence-corrected chi connectivity index (χ0v) is 25.0. The van der Waals surface area contributed by atoms with Crippen molar-refractivity contribution in [3.63, 3.8) is 0 Å². The molecule has 2 aromatic carbocycles. The van der Waals surface area contributed by atoms with Crippen LogP contribution < -0.4 is 10.2 Å². The van der Waals surface area contributed by atoms with Crippen molar-refractivity contribution in [3.8, 4) is 5.75 Å². The maximum Gasteiger partial charge on any atom is 0.433 e. The minimum atomic E-state index is -4.97. The molecule has 1 amide bonds. The predicted molar refractivity (Wildman–Crippen MR) is 159 cm³/mol. The van der Waals surface area contributed by atoms with Gasteiger partial charge in [0.2, 0.25) is 0 Å². The third-order valence-electron chi connectivity index (χ3n) is 7.64. The number of hydrogen-bond acceptors (Lipinski definition) is 7. The van der Waals surface area contributed by atoms with Gasteiger partial charge in [-0.3, -0.25) is 10.0 Å². The number of carbonyl (C=O) groups excluding carboxylic acids is 1. The number of benzene rings is 2. The van der Waals surface area contributed by atoms with Gasteiger partial charge in [0.25, 0.3) is 0 Å². The fraction of sp³-hybridized carbons (Fsp3) is 0.344. The van der Waals surface area contributed by atoms with E-state index < -0.39 is 29.2 Å². The van der Waals surface area contributed by atoms with Crippen molar-refractivity contribution in [2.45, 2.75) is 38.5 Å². The average molecular weight is 631 g/mol. The van der Waals surface area contributed by atoms with Crippen molar-refractivity contribution in [1.29, 1.82) is 0 Å². The van der Waals surface area contributed by atoms with Crippen LogP contribution in [0.25, 0.3) is 0 Å². The van der Waals surface area contributed by atoms with Crippen LogP contribution in [0.4, 0.5) is 22.4 Å². The number of hydrogen-bond donors (Lipinski definition) is 2. The SMILES string of the molecule is CNN(C1=CC=CC(c2cccc(F)c2OCc2ccc(C3CCN(C(=O)OC)CC3)cc2)=NC1)C(=C(C)C(=O)O)C(F)(F)F. The van der Waals surface area contributed by atoms with E-state index in [4.69, 9.17) is 9.47 Å². The van der Waals surface area contributed by atoms with Crippen LogP contribution in [-0.2, 0) is 16.1 Å². The van der Waals surface area contributed by atoms with Crippen LogP contribution in [0.15, 0.2) is 82.7 Å². The van der Waals surface area contributed by atoms with Gasteiger partial charge in [-0.15, -0.1) is 0 Å². The van der Waals surface area contributed by atoms with Crippen LogP contribution in [0, 0.1) is 5.82 Å². The summed E-state index contributed by atoms with van der Waals surface area (Å²) in [4.78, 5) is 29.3. The molecule has 2 heterocycles. The Morgan fingerprint density at radius 2 is 1.82 bits per heavy atom. The number of hydrazine groups is 1. The molecule has 2 aliphatic rings. The molecule has 0 atom stereocenters. The molecule has 45 heavy (non-hydrogen) atoms. The summed E-state index contributed by atoms with van der Waals surface area (Å²) in [7, 11) is 2.60. The van der Waals surface area contributed by atoms with Crippen LogP contribution in [-0.4, -0.2) is 72.8 Å². The first-order valence-electron chi connectivity index (χ1n) is 14.2. The molecule has 0 spiro atoms. The fourth-order valence-corrected chi connectivity index (χ4v) is 5.27. The Morgan fingerprint density at radius 1 is 1.13 bits per heavy atom. The number of piperidine rings is 1. The van der Waals surface area contributed by atoms with Gasteiger partial charge in [-0.05, 0) is 61.1 Å². The first-order valence-corrected chi connectivity index (χ1v) is 14.2. The van der Waals surface area contributed by atoms with Gasteiger partial charge in [-0.1, -0.05) is 36.4 Å². The summed E-state index contributed by atoms with van der Waals surface area (Å²) in [5.74, 6) is -2.11. The van der Waals surface area contributed by atoms with Gasteiger partial charge in [0, 0.05) is 25.7 Å². The second kappa shape index (κ2) is 14.4. The number of allylic oxidation sites excluding steroid dienone is 4. The number of para-hydroxylation sites is 1. The van der Waals surface area contributed by atoms with Gasteiger partial charge >= 0.3 is 18.2 Å². The van der Waals surface area contributed by atoms with Gasteiger partial charge in [-0.2, -0.15) is 13.2 Å². The summed E-state index contributed by atoms with van der Waals surface area (Å²) in [5, 5.41) is 9.90. The van der Waals surface area contributed by atoms with Crippen LogP contribution in [0.3, 0.4) is 0 Å². The van der Waals surface area contributed by atoms with E-state index in [9.17, 15) is 27.9 Å². The second-order valence-corrected chi connectivity index (χ2v) is 10.4. The molecule has 9 nitrogen and oxygen atoms in total. The second-order valence-electron chi connectivity index (χ2n) is 10.4. The number of likely N-dealkylation sites (tertiary alicyclic amines) is 1. The number of nitrogens with zero attached hydrogens (tertiary/aromatic N) is 3. The molecule has 0 aromatic heterocycles. The van der Waals surface area contributed by atoms with Crippen molar-refractivity contribution < 1.29 is 41.7 Å². The molecule has 0 bridgehead atoms. The van der Waals surface area contributed by atoms with Crippen molar-refractivity contribution in [3.05, 3.63) is 100 Å². The molecule has 0 aliphatic carbocycles. The molecule has 13 heteroatoms. The lowest BCUT2D eigenvalue weighted by Gasteiger charge is -2.31. The van der Waals surface area contributed by atoms with E-state index in [0.717, 1.165) is 30.9 Å². The molecular formula is C32H34F4N4O5. The molecule has 0 radical (unpaired) electrons. The van der Waals surface area contributed by atoms with Crippen molar-refractivity contribution in [2.24, 2.45) is 4.99 Å². The summed E-state index contributed by atoms with van der Waals surface area (Å²) >= 11 is 0. The number of aliphatic carboxylic acids is 1. The zero-order valence-electron chi connectivity index (χ0n) is 25.0. The van der Waals surface area contributed by atoms with E-state index in [-0.39, 0.29) is 36.4 Å². The highest BCUT2D eigenvalue weighted by Gasteiger charge is 2.42. The summed E-state index contributed by atoms with van der Waals surface area (Å²) in [6, 6.07) is 12.1. The third kappa shape index (κ3) is 7.90. The van der Waals surface area contributed by atoms with E-state index in [0.29, 0.717) is 29.6 Å². The van der Waals surface area contributed by atoms with E-state index in [1.807, 2.05) is 24.3 Å². The average Bonchev–Trinajstić information content (AvgIpc) is 3.28. The number of carbonyl (C=O) groups is 2. The molecule has 2 N–H and O–H groups in total. The van der Waals surface area contributed by atoms with Gasteiger partial charge < -0.3 is 19.5 Å². The lowest BCUT2D eigenvalue weighted by molar-refractivity contribution is -0.136. The van der Waals surface area contributed by atoms with Gasteiger partial charge in [0.15, 0.2) is 11.6 Å². The van der Waals surface area contributed by atoms with Gasteiger partial charge in [0.1, 0.15) is 12.3 Å². The van der Waals surface area contributed by atoms with Gasteiger partial charge in [0.05, 0.1) is 30.6 Å². The Bertz CT molecular complexity index is 1520. The summed E-state index contributed by atoms with van der Waals surface area (Å²) in [5.41, 5.74) is 2.65. The summed E-state index contributed by atoms with van der Waals surface area (Å²) in [6.07, 6.45) is 0.674. The fourth-order valence-electron chi connectivity index (χ4n) is 5.27. The number of carboxylic acid groups (broad SMARTS) is 1.